The number of hydrogen-bond donors (Lipinski definition) is 0. The van der Waals surface area contributed by atoms with Crippen molar-refractivity contribution in [2.75, 3.05) is 0 Å². The monoisotopic (exact) mass is 319 g/mol. The Kier molecular flexibility index (Phi) is 4.30. The van der Waals surface area contributed by atoms with E-state index in [0.717, 1.165) is 12.0 Å². The first-order valence-corrected chi connectivity index (χ1v) is 8.71. The number of likely N-dealkylation sites (tertiary alicyclic amines) is 1. The zero-order valence-electron chi connectivity index (χ0n) is 14.9. The SMILES string of the molecule is CC(C)C[C@@H]1[C@@H]2OC(C)(C)O[C@@H]2[C@@H](C)[N@+]1([O-])Cc1ccccc1. The normalized spacial score (nSPS) is 38.9. The first kappa shape index (κ1) is 16.9. The molecule has 0 radical (unpaired) electrons. The second-order valence-electron chi connectivity index (χ2n) is 8.00. The molecule has 0 amide bonds. The van der Waals surface area contributed by atoms with Crippen LogP contribution < -0.4 is 0 Å². The molecule has 0 saturated carbocycles. The smallest absolute Gasteiger partial charge is 0.164 e. The topological polar surface area (TPSA) is 41.5 Å². The largest absolute Gasteiger partial charge is 0.632 e. The molecule has 5 atom stereocenters. The number of rotatable bonds is 4. The summed E-state index contributed by atoms with van der Waals surface area (Å²) in [6.45, 7) is 10.7. The second-order valence-corrected chi connectivity index (χ2v) is 8.00. The Morgan fingerprint density at radius 3 is 2.35 bits per heavy atom. The van der Waals surface area contributed by atoms with Crippen molar-refractivity contribution in [2.24, 2.45) is 5.92 Å². The Balaban J connectivity index is 1.91. The Morgan fingerprint density at radius 1 is 1.13 bits per heavy atom. The zero-order chi connectivity index (χ0) is 16.8. The summed E-state index contributed by atoms with van der Waals surface area (Å²) in [6, 6.07) is 9.87. The molecule has 0 aliphatic carbocycles. The third-order valence-corrected chi connectivity index (χ3v) is 5.25. The molecule has 1 aromatic rings. The van der Waals surface area contributed by atoms with Gasteiger partial charge in [0.25, 0.3) is 0 Å². The lowest BCUT2D eigenvalue weighted by Gasteiger charge is -2.49. The van der Waals surface area contributed by atoms with Gasteiger partial charge in [0.1, 0.15) is 30.8 Å². The number of benzene rings is 1. The average Bonchev–Trinajstić information content (AvgIpc) is 2.87. The minimum Gasteiger partial charge on any atom is -0.632 e. The summed E-state index contributed by atoms with van der Waals surface area (Å²) in [5.74, 6) is -0.128. The van der Waals surface area contributed by atoms with Crippen LogP contribution in [0.25, 0.3) is 0 Å². The second kappa shape index (κ2) is 5.85. The molecule has 4 heteroatoms. The van der Waals surface area contributed by atoms with Gasteiger partial charge in [0.15, 0.2) is 5.79 Å². The highest BCUT2D eigenvalue weighted by Crippen LogP contribution is 2.46. The molecule has 2 heterocycles. The van der Waals surface area contributed by atoms with E-state index in [2.05, 4.69) is 13.8 Å². The molecule has 0 aromatic heterocycles. The van der Waals surface area contributed by atoms with Crippen LogP contribution >= 0.6 is 0 Å². The lowest BCUT2D eigenvalue weighted by Crippen LogP contribution is -2.54. The molecule has 0 spiro atoms. The van der Waals surface area contributed by atoms with Crippen LogP contribution in [0.3, 0.4) is 0 Å². The van der Waals surface area contributed by atoms with Gasteiger partial charge in [0.2, 0.25) is 0 Å². The van der Waals surface area contributed by atoms with E-state index in [0.29, 0.717) is 12.5 Å². The van der Waals surface area contributed by atoms with Gasteiger partial charge in [-0.2, -0.15) is 0 Å². The number of hydrogen-bond acceptors (Lipinski definition) is 3. The molecule has 0 bridgehead atoms. The molecule has 0 N–H and O–H groups in total. The summed E-state index contributed by atoms with van der Waals surface area (Å²) >= 11 is 0. The third-order valence-electron chi connectivity index (χ3n) is 5.25. The first-order chi connectivity index (χ1) is 10.7. The van der Waals surface area contributed by atoms with E-state index in [4.69, 9.17) is 9.47 Å². The van der Waals surface area contributed by atoms with Gasteiger partial charge in [-0.05, 0) is 26.7 Å². The molecule has 23 heavy (non-hydrogen) atoms. The maximum Gasteiger partial charge on any atom is 0.164 e. The first-order valence-electron chi connectivity index (χ1n) is 8.71. The predicted molar refractivity (Wildman–Crippen MR) is 90.3 cm³/mol. The van der Waals surface area contributed by atoms with E-state index in [9.17, 15) is 5.21 Å². The van der Waals surface area contributed by atoms with Crippen LogP contribution in [0.1, 0.15) is 46.6 Å². The van der Waals surface area contributed by atoms with Gasteiger partial charge in [0, 0.05) is 12.0 Å². The van der Waals surface area contributed by atoms with Crippen molar-refractivity contribution in [2.45, 2.75) is 77.7 Å². The Hall–Kier alpha value is -0.940. The fourth-order valence-corrected chi connectivity index (χ4v) is 4.21. The molecule has 2 fully saturated rings. The highest BCUT2D eigenvalue weighted by atomic mass is 16.8. The van der Waals surface area contributed by atoms with E-state index in [1.807, 2.05) is 51.1 Å². The molecule has 4 nitrogen and oxygen atoms in total. The fourth-order valence-electron chi connectivity index (χ4n) is 4.21. The molecule has 128 valence electrons. The lowest BCUT2D eigenvalue weighted by molar-refractivity contribution is -0.931. The predicted octanol–water partition coefficient (Wildman–Crippen LogP) is 3.84. The number of hydroxylamine groups is 3. The Labute approximate surface area is 139 Å². The van der Waals surface area contributed by atoms with Crippen molar-refractivity contribution >= 4 is 0 Å². The van der Waals surface area contributed by atoms with Crippen molar-refractivity contribution in [1.82, 2.24) is 0 Å². The van der Waals surface area contributed by atoms with E-state index in [1.54, 1.807) is 0 Å². The van der Waals surface area contributed by atoms with Gasteiger partial charge in [-0.1, -0.05) is 44.2 Å². The maximum absolute atomic E-state index is 13.9. The molecule has 2 aliphatic heterocycles. The summed E-state index contributed by atoms with van der Waals surface area (Å²) < 4.78 is 12.0. The van der Waals surface area contributed by atoms with Crippen LogP contribution in [0.4, 0.5) is 0 Å². The van der Waals surface area contributed by atoms with Crippen molar-refractivity contribution < 1.29 is 14.1 Å². The summed E-state index contributed by atoms with van der Waals surface area (Å²) in [7, 11) is 0. The number of ether oxygens (including phenoxy) is 2. The standard InChI is InChI=1S/C19H29NO3/c1-13(2)11-16-18-17(22-19(4,5)23-18)14(3)20(16,21)12-15-9-7-6-8-10-15/h6-10,13-14,16-18H,11-12H2,1-5H3/t14-,16-,17-,18+,20-/m1/s1. The summed E-state index contributed by atoms with van der Waals surface area (Å²) in [5, 5.41) is 13.9. The van der Waals surface area contributed by atoms with Gasteiger partial charge in [-0.25, -0.2) is 0 Å². The fraction of sp³-hybridized carbons (Fsp3) is 0.684. The summed E-state index contributed by atoms with van der Waals surface area (Å²) in [4.78, 5) is 0. The van der Waals surface area contributed by atoms with Gasteiger partial charge in [-0.3, -0.25) is 0 Å². The van der Waals surface area contributed by atoms with Gasteiger partial charge >= 0.3 is 0 Å². The van der Waals surface area contributed by atoms with E-state index in [-0.39, 0.29) is 28.9 Å². The van der Waals surface area contributed by atoms with Crippen LogP contribution in [0.15, 0.2) is 30.3 Å². The van der Waals surface area contributed by atoms with Crippen LogP contribution in [-0.2, 0) is 16.0 Å². The van der Waals surface area contributed by atoms with Crippen LogP contribution in [0, 0.1) is 11.1 Å². The molecular formula is C19H29NO3. The van der Waals surface area contributed by atoms with Gasteiger partial charge in [0.05, 0.1) is 0 Å². The number of fused-ring (bicyclic) bond motifs is 1. The maximum atomic E-state index is 13.9. The number of quaternary nitrogens is 1. The highest BCUT2D eigenvalue weighted by Gasteiger charge is 2.62. The van der Waals surface area contributed by atoms with Gasteiger partial charge < -0.3 is 19.3 Å². The Morgan fingerprint density at radius 2 is 1.74 bits per heavy atom. The molecule has 2 saturated heterocycles. The van der Waals surface area contributed by atoms with Crippen LogP contribution in [0.2, 0.25) is 0 Å². The molecule has 2 aliphatic rings. The molecule has 3 rings (SSSR count). The molecule has 0 unspecified atom stereocenters. The minimum absolute atomic E-state index is 0.0722. The van der Waals surface area contributed by atoms with E-state index >= 15 is 0 Å². The van der Waals surface area contributed by atoms with Crippen molar-refractivity contribution in [3.63, 3.8) is 0 Å². The van der Waals surface area contributed by atoms with Crippen molar-refractivity contribution in [3.8, 4) is 0 Å². The quantitative estimate of drug-likeness (QED) is 0.625. The minimum atomic E-state index is -0.586. The highest BCUT2D eigenvalue weighted by molar-refractivity contribution is 5.14. The molecular weight excluding hydrogens is 290 g/mol. The van der Waals surface area contributed by atoms with Crippen LogP contribution in [0.5, 0.6) is 0 Å². The van der Waals surface area contributed by atoms with Crippen molar-refractivity contribution in [3.05, 3.63) is 41.1 Å². The molecule has 1 aromatic carbocycles. The summed E-state index contributed by atoms with van der Waals surface area (Å²) in [6.07, 6.45) is 0.639. The van der Waals surface area contributed by atoms with Gasteiger partial charge in [-0.15, -0.1) is 0 Å². The zero-order valence-corrected chi connectivity index (χ0v) is 14.9. The van der Waals surface area contributed by atoms with E-state index in [1.165, 1.54) is 0 Å². The summed E-state index contributed by atoms with van der Waals surface area (Å²) in [5.41, 5.74) is 1.09. The third kappa shape index (κ3) is 3.05. The Bertz CT molecular complexity index is 545. The number of nitrogens with zero attached hydrogens (tertiary/aromatic N) is 1. The average molecular weight is 319 g/mol. The van der Waals surface area contributed by atoms with Crippen LogP contribution in [-0.4, -0.2) is 34.7 Å². The van der Waals surface area contributed by atoms with Crippen molar-refractivity contribution in [1.29, 1.82) is 0 Å². The van der Waals surface area contributed by atoms with E-state index < -0.39 is 5.79 Å². The lowest BCUT2D eigenvalue weighted by atomic mass is 9.98.